The fourth-order valence-corrected chi connectivity index (χ4v) is 5.15. The highest BCUT2D eigenvalue weighted by atomic mass is 32.2. The zero-order valence-electron chi connectivity index (χ0n) is 22.0. The predicted molar refractivity (Wildman–Crippen MR) is 147 cm³/mol. The highest BCUT2D eigenvalue weighted by Crippen LogP contribution is 2.29. The lowest BCUT2D eigenvalue weighted by Crippen LogP contribution is -2.53. The van der Waals surface area contributed by atoms with Crippen LogP contribution in [0.2, 0.25) is 0 Å². The van der Waals surface area contributed by atoms with Crippen LogP contribution in [-0.2, 0) is 26.2 Å². The highest BCUT2D eigenvalue weighted by Gasteiger charge is 2.32. The smallest absolute Gasteiger partial charge is 0.244 e. The van der Waals surface area contributed by atoms with Crippen LogP contribution in [0.25, 0.3) is 10.8 Å². The zero-order valence-corrected chi connectivity index (χ0v) is 22.8. The van der Waals surface area contributed by atoms with Crippen molar-refractivity contribution in [3.8, 4) is 5.75 Å². The van der Waals surface area contributed by atoms with Gasteiger partial charge in [-0.1, -0.05) is 55.5 Å². The molecule has 3 aromatic rings. The number of fused-ring (bicyclic) bond motifs is 1. The average Bonchev–Trinajstić information content (AvgIpc) is 2.85. The SMILES string of the molecule is CC[C@H](C(=O)NC(C)C)N(Cc1cccc(OC)c1)C(=O)CN(c1cccc2ccccc12)S(C)(=O)=O. The van der Waals surface area contributed by atoms with Crippen molar-refractivity contribution in [2.75, 3.05) is 24.2 Å². The Morgan fingerprint density at radius 2 is 1.68 bits per heavy atom. The molecule has 0 aliphatic heterocycles. The molecule has 0 saturated heterocycles. The van der Waals surface area contributed by atoms with E-state index in [1.807, 2.05) is 63.2 Å². The van der Waals surface area contributed by atoms with E-state index < -0.39 is 28.5 Å². The van der Waals surface area contributed by atoms with Crippen LogP contribution in [0.15, 0.2) is 66.7 Å². The molecule has 9 heteroatoms. The molecule has 3 rings (SSSR count). The van der Waals surface area contributed by atoms with Gasteiger partial charge in [0, 0.05) is 18.0 Å². The Labute approximate surface area is 219 Å². The van der Waals surface area contributed by atoms with E-state index >= 15 is 0 Å². The van der Waals surface area contributed by atoms with Gasteiger partial charge in [-0.25, -0.2) is 8.42 Å². The van der Waals surface area contributed by atoms with Crippen LogP contribution in [0.3, 0.4) is 0 Å². The molecule has 0 bridgehead atoms. The van der Waals surface area contributed by atoms with E-state index in [1.54, 1.807) is 31.4 Å². The number of anilines is 1. The maximum Gasteiger partial charge on any atom is 0.244 e. The first-order valence-corrected chi connectivity index (χ1v) is 14.1. The predicted octanol–water partition coefficient (Wildman–Crippen LogP) is 3.95. The van der Waals surface area contributed by atoms with E-state index in [0.717, 1.165) is 21.5 Å². The van der Waals surface area contributed by atoms with Gasteiger partial charge in [-0.3, -0.25) is 13.9 Å². The molecule has 37 heavy (non-hydrogen) atoms. The molecule has 0 radical (unpaired) electrons. The fourth-order valence-electron chi connectivity index (χ4n) is 4.29. The third-order valence-electron chi connectivity index (χ3n) is 6.02. The molecule has 0 aliphatic carbocycles. The molecule has 0 heterocycles. The first-order chi connectivity index (χ1) is 17.5. The molecule has 1 N–H and O–H groups in total. The number of amides is 2. The van der Waals surface area contributed by atoms with E-state index in [9.17, 15) is 18.0 Å². The summed E-state index contributed by atoms with van der Waals surface area (Å²) in [4.78, 5) is 28.4. The third-order valence-corrected chi connectivity index (χ3v) is 7.14. The minimum absolute atomic E-state index is 0.112. The number of carbonyl (C=O) groups excluding carboxylic acids is 2. The van der Waals surface area contributed by atoms with Gasteiger partial charge in [-0.15, -0.1) is 0 Å². The Morgan fingerprint density at radius 3 is 2.32 bits per heavy atom. The van der Waals surface area contributed by atoms with E-state index in [-0.39, 0.29) is 18.5 Å². The zero-order chi connectivity index (χ0) is 27.2. The van der Waals surface area contributed by atoms with Crippen molar-refractivity contribution < 1.29 is 22.7 Å². The van der Waals surface area contributed by atoms with Crippen LogP contribution in [0.5, 0.6) is 5.75 Å². The molecular formula is C28H35N3O5S. The van der Waals surface area contributed by atoms with Crippen molar-refractivity contribution in [1.82, 2.24) is 10.2 Å². The van der Waals surface area contributed by atoms with Gasteiger partial charge in [0.2, 0.25) is 21.8 Å². The second kappa shape index (κ2) is 12.1. The maximum atomic E-state index is 13.9. The summed E-state index contributed by atoms with van der Waals surface area (Å²) < 4.78 is 32.3. The highest BCUT2D eigenvalue weighted by molar-refractivity contribution is 7.92. The first-order valence-electron chi connectivity index (χ1n) is 12.2. The van der Waals surface area contributed by atoms with Gasteiger partial charge < -0.3 is 15.0 Å². The summed E-state index contributed by atoms with van der Waals surface area (Å²) in [6.07, 6.45) is 1.44. The number of hydrogen-bond donors (Lipinski definition) is 1. The summed E-state index contributed by atoms with van der Waals surface area (Å²) in [5.41, 5.74) is 1.18. The largest absolute Gasteiger partial charge is 0.497 e. The standard InChI is InChI=1S/C28H35N3O5S/c1-6-25(28(33)29-20(2)3)30(18-21-11-9-14-23(17-21)36-4)27(32)19-31(37(5,34)35)26-16-10-13-22-12-7-8-15-24(22)26/h7-17,20,25H,6,18-19H2,1-5H3,(H,29,33)/t25-/m1/s1. The number of methoxy groups -OCH3 is 1. The Balaban J connectivity index is 2.03. The van der Waals surface area contributed by atoms with E-state index in [0.29, 0.717) is 23.2 Å². The summed E-state index contributed by atoms with van der Waals surface area (Å²) in [6.45, 7) is 5.21. The molecule has 0 aromatic heterocycles. The van der Waals surface area contributed by atoms with Gasteiger partial charge >= 0.3 is 0 Å². The lowest BCUT2D eigenvalue weighted by Gasteiger charge is -2.33. The lowest BCUT2D eigenvalue weighted by atomic mass is 10.1. The minimum Gasteiger partial charge on any atom is -0.497 e. The number of ether oxygens (including phenoxy) is 1. The Bertz CT molecular complexity index is 1350. The normalized spacial score (nSPS) is 12.3. The molecule has 3 aromatic carbocycles. The van der Waals surface area contributed by atoms with Gasteiger partial charge in [-0.2, -0.15) is 0 Å². The molecule has 0 saturated carbocycles. The number of sulfonamides is 1. The fraction of sp³-hybridized carbons (Fsp3) is 0.357. The second-order valence-corrected chi connectivity index (χ2v) is 11.1. The van der Waals surface area contributed by atoms with Crippen LogP contribution >= 0.6 is 0 Å². The molecule has 2 amide bonds. The van der Waals surface area contributed by atoms with Crippen molar-refractivity contribution in [2.45, 2.75) is 45.8 Å². The Hall–Kier alpha value is -3.59. The van der Waals surface area contributed by atoms with Crippen molar-refractivity contribution in [2.24, 2.45) is 0 Å². The van der Waals surface area contributed by atoms with Crippen molar-refractivity contribution >= 4 is 38.3 Å². The summed E-state index contributed by atoms with van der Waals surface area (Å²) in [5.74, 6) is -0.144. The van der Waals surface area contributed by atoms with Gasteiger partial charge in [0.05, 0.1) is 19.1 Å². The van der Waals surface area contributed by atoms with E-state index in [2.05, 4.69) is 5.32 Å². The van der Waals surface area contributed by atoms with Gasteiger partial charge in [-0.05, 0) is 49.4 Å². The van der Waals surface area contributed by atoms with E-state index in [4.69, 9.17) is 4.74 Å². The third kappa shape index (κ3) is 7.01. The first kappa shape index (κ1) is 28.0. The van der Waals surface area contributed by atoms with Crippen molar-refractivity contribution in [3.63, 3.8) is 0 Å². The molecule has 8 nitrogen and oxygen atoms in total. The number of nitrogens with zero attached hydrogens (tertiary/aromatic N) is 2. The molecule has 1 atom stereocenters. The molecule has 0 fully saturated rings. The molecular weight excluding hydrogens is 490 g/mol. The summed E-state index contributed by atoms with van der Waals surface area (Å²) in [7, 11) is -2.27. The summed E-state index contributed by atoms with van der Waals surface area (Å²) >= 11 is 0. The summed E-state index contributed by atoms with van der Waals surface area (Å²) in [6, 6.07) is 19.1. The topological polar surface area (TPSA) is 96.0 Å². The van der Waals surface area contributed by atoms with Gasteiger partial charge in [0.1, 0.15) is 18.3 Å². The average molecular weight is 526 g/mol. The van der Waals surface area contributed by atoms with Crippen LogP contribution in [-0.4, -0.2) is 57.1 Å². The van der Waals surface area contributed by atoms with Gasteiger partial charge in [0.25, 0.3) is 0 Å². The quantitative estimate of drug-likeness (QED) is 0.409. The van der Waals surface area contributed by atoms with Crippen LogP contribution in [0, 0.1) is 0 Å². The molecule has 0 aliphatic rings. The number of nitrogens with one attached hydrogen (secondary N) is 1. The monoisotopic (exact) mass is 525 g/mol. The minimum atomic E-state index is -3.83. The number of hydrogen-bond acceptors (Lipinski definition) is 5. The van der Waals surface area contributed by atoms with Crippen LogP contribution in [0.4, 0.5) is 5.69 Å². The summed E-state index contributed by atoms with van der Waals surface area (Å²) in [5, 5.41) is 4.46. The van der Waals surface area contributed by atoms with Crippen molar-refractivity contribution in [1.29, 1.82) is 0 Å². The number of carbonyl (C=O) groups is 2. The molecule has 0 unspecified atom stereocenters. The van der Waals surface area contributed by atoms with Crippen molar-refractivity contribution in [3.05, 3.63) is 72.3 Å². The molecule has 0 spiro atoms. The maximum absolute atomic E-state index is 13.9. The van der Waals surface area contributed by atoms with Gasteiger partial charge in [0.15, 0.2) is 0 Å². The number of rotatable bonds is 11. The second-order valence-electron chi connectivity index (χ2n) is 9.23. The molecule has 198 valence electrons. The Kier molecular flexibility index (Phi) is 9.15. The van der Waals surface area contributed by atoms with E-state index in [1.165, 1.54) is 4.90 Å². The number of benzene rings is 3. The van der Waals surface area contributed by atoms with Crippen LogP contribution < -0.4 is 14.4 Å². The Morgan fingerprint density at radius 1 is 1.00 bits per heavy atom. The van der Waals surface area contributed by atoms with Crippen LogP contribution in [0.1, 0.15) is 32.8 Å². The lowest BCUT2D eigenvalue weighted by molar-refractivity contribution is -0.140.